The number of hydrogen-bond acceptors (Lipinski definition) is 5. The number of rotatable bonds is 4. The molecular weight excluding hydrogens is 332 g/mol. The van der Waals surface area contributed by atoms with Gasteiger partial charge in [-0.3, -0.25) is 4.68 Å². The van der Waals surface area contributed by atoms with Crippen LogP contribution in [0.2, 0.25) is 0 Å². The van der Waals surface area contributed by atoms with E-state index in [4.69, 9.17) is 17.3 Å². The van der Waals surface area contributed by atoms with E-state index in [1.54, 1.807) is 6.07 Å². The lowest BCUT2D eigenvalue weighted by Crippen LogP contribution is -2.38. The Morgan fingerprint density at radius 1 is 1.08 bits per heavy atom. The van der Waals surface area contributed by atoms with Crippen molar-refractivity contribution in [3.05, 3.63) is 58.4 Å². The topological polar surface area (TPSA) is 55.4 Å². The van der Waals surface area contributed by atoms with Crippen LogP contribution in [-0.4, -0.2) is 42.6 Å². The monoisotopic (exact) mass is 354 g/mol. The van der Waals surface area contributed by atoms with E-state index in [2.05, 4.69) is 40.2 Å². The van der Waals surface area contributed by atoms with E-state index in [9.17, 15) is 5.26 Å². The van der Waals surface area contributed by atoms with Gasteiger partial charge in [0.05, 0.1) is 12.1 Å². The van der Waals surface area contributed by atoms with Gasteiger partial charge in [-0.2, -0.15) is 5.26 Å². The maximum absolute atomic E-state index is 9.18. The Kier molecular flexibility index (Phi) is 5.69. The Morgan fingerprint density at radius 3 is 2.60 bits per heavy atom. The van der Waals surface area contributed by atoms with Crippen LogP contribution in [0.5, 0.6) is 0 Å². The lowest BCUT2D eigenvalue weighted by atomic mass is 10.1. The Hall–Kier alpha value is -2.36. The van der Waals surface area contributed by atoms with Crippen LogP contribution in [-0.2, 0) is 6.42 Å². The highest BCUT2D eigenvalue weighted by molar-refractivity contribution is 7.71. The molecule has 1 fully saturated rings. The molecule has 0 aliphatic carbocycles. The summed E-state index contributed by atoms with van der Waals surface area (Å²) in [5.74, 6) is 0. The van der Waals surface area contributed by atoms with Crippen LogP contribution in [0.25, 0.3) is 0 Å². The van der Waals surface area contributed by atoms with Crippen LogP contribution in [0.15, 0.2) is 42.6 Å². The van der Waals surface area contributed by atoms with E-state index < -0.39 is 0 Å². The van der Waals surface area contributed by atoms with E-state index in [0.29, 0.717) is 16.6 Å². The SMILES string of the molecule is N#Cc1cccn(N2CCCN(c3ccc(CCO)cc3)CC2)c1=S. The van der Waals surface area contributed by atoms with Crippen LogP contribution in [0.3, 0.4) is 0 Å². The molecule has 1 N–H and O–H groups in total. The molecule has 0 amide bonds. The minimum atomic E-state index is 0.181. The summed E-state index contributed by atoms with van der Waals surface area (Å²) >= 11 is 5.44. The summed E-state index contributed by atoms with van der Waals surface area (Å²) in [6, 6.07) is 14.2. The zero-order valence-electron chi connectivity index (χ0n) is 14.1. The standard InChI is InChI=1S/C19H22N4OS/c20-15-17-3-1-11-23(19(17)25)22-10-2-9-21(12-13-22)18-6-4-16(5-7-18)8-14-24/h1,3-7,11,24H,2,8-10,12-14H2. The Balaban J connectivity index is 1.72. The van der Waals surface area contributed by atoms with Crippen LogP contribution >= 0.6 is 12.2 Å². The number of nitrogens with zero attached hydrogens (tertiary/aromatic N) is 4. The molecule has 0 saturated carbocycles. The summed E-state index contributed by atoms with van der Waals surface area (Å²) in [7, 11) is 0. The molecule has 1 aliphatic rings. The number of benzene rings is 1. The molecule has 6 heteroatoms. The molecule has 5 nitrogen and oxygen atoms in total. The smallest absolute Gasteiger partial charge is 0.143 e. The summed E-state index contributed by atoms with van der Waals surface area (Å²) in [5, 5.41) is 20.4. The van der Waals surface area contributed by atoms with E-state index in [0.717, 1.165) is 38.2 Å². The number of aromatic nitrogens is 1. The zero-order chi connectivity index (χ0) is 17.6. The van der Waals surface area contributed by atoms with Gasteiger partial charge in [-0.1, -0.05) is 24.4 Å². The van der Waals surface area contributed by atoms with Crippen molar-refractivity contribution in [2.45, 2.75) is 12.8 Å². The first-order valence-corrected chi connectivity index (χ1v) is 8.95. The molecule has 1 aromatic carbocycles. The lowest BCUT2D eigenvalue weighted by molar-refractivity contribution is 0.299. The molecule has 3 rings (SSSR count). The average molecular weight is 354 g/mol. The molecule has 0 radical (unpaired) electrons. The average Bonchev–Trinajstić information content (AvgIpc) is 2.89. The highest BCUT2D eigenvalue weighted by Crippen LogP contribution is 2.18. The first-order valence-electron chi connectivity index (χ1n) is 8.54. The van der Waals surface area contributed by atoms with Gasteiger partial charge in [0.1, 0.15) is 10.7 Å². The number of hydrogen-bond donors (Lipinski definition) is 1. The molecule has 2 aromatic rings. The Labute approximate surface area is 153 Å². The van der Waals surface area contributed by atoms with Gasteiger partial charge in [0, 0.05) is 38.1 Å². The molecule has 130 valence electrons. The van der Waals surface area contributed by atoms with Crippen LogP contribution in [0.1, 0.15) is 17.5 Å². The van der Waals surface area contributed by atoms with Crippen molar-refractivity contribution in [1.82, 2.24) is 4.68 Å². The Morgan fingerprint density at radius 2 is 1.88 bits per heavy atom. The van der Waals surface area contributed by atoms with Crippen molar-refractivity contribution >= 4 is 17.9 Å². The number of anilines is 1. The molecule has 0 unspecified atom stereocenters. The van der Waals surface area contributed by atoms with Gasteiger partial charge in [0.15, 0.2) is 0 Å². The highest BCUT2D eigenvalue weighted by atomic mass is 32.1. The van der Waals surface area contributed by atoms with Gasteiger partial charge in [-0.05, 0) is 42.7 Å². The van der Waals surface area contributed by atoms with Crippen molar-refractivity contribution in [2.75, 3.05) is 42.7 Å². The minimum absolute atomic E-state index is 0.181. The van der Waals surface area contributed by atoms with Gasteiger partial charge in [-0.25, -0.2) is 0 Å². The number of aliphatic hydroxyl groups is 1. The molecule has 1 aliphatic heterocycles. The summed E-state index contributed by atoms with van der Waals surface area (Å²) in [6.45, 7) is 3.82. The molecular formula is C19H22N4OS. The van der Waals surface area contributed by atoms with Crippen LogP contribution in [0.4, 0.5) is 5.69 Å². The third-order valence-corrected chi connectivity index (χ3v) is 4.94. The number of pyridine rings is 1. The first kappa shape index (κ1) is 17.5. The van der Waals surface area contributed by atoms with Crippen molar-refractivity contribution in [1.29, 1.82) is 5.26 Å². The van der Waals surface area contributed by atoms with Gasteiger partial charge < -0.3 is 15.0 Å². The van der Waals surface area contributed by atoms with Crippen molar-refractivity contribution in [3.63, 3.8) is 0 Å². The molecule has 25 heavy (non-hydrogen) atoms. The largest absolute Gasteiger partial charge is 0.396 e. The highest BCUT2D eigenvalue weighted by Gasteiger charge is 2.16. The molecule has 0 bridgehead atoms. The van der Waals surface area contributed by atoms with E-state index in [1.165, 1.54) is 5.69 Å². The van der Waals surface area contributed by atoms with Crippen molar-refractivity contribution < 1.29 is 5.11 Å². The third-order valence-electron chi connectivity index (χ3n) is 4.53. The maximum Gasteiger partial charge on any atom is 0.143 e. The van der Waals surface area contributed by atoms with Crippen molar-refractivity contribution in [3.8, 4) is 6.07 Å². The summed E-state index contributed by atoms with van der Waals surface area (Å²) < 4.78 is 2.51. The van der Waals surface area contributed by atoms with Gasteiger partial charge in [-0.15, -0.1) is 0 Å². The number of nitriles is 1. The van der Waals surface area contributed by atoms with Crippen LogP contribution < -0.4 is 9.91 Å². The van der Waals surface area contributed by atoms with Gasteiger partial charge >= 0.3 is 0 Å². The zero-order valence-corrected chi connectivity index (χ0v) is 15.0. The van der Waals surface area contributed by atoms with Crippen molar-refractivity contribution in [2.24, 2.45) is 0 Å². The molecule has 2 heterocycles. The fourth-order valence-electron chi connectivity index (χ4n) is 3.17. The Bertz CT molecular complexity index is 809. The molecule has 1 aromatic heterocycles. The molecule has 0 spiro atoms. The predicted octanol–water partition coefficient (Wildman–Crippen LogP) is 2.47. The number of aliphatic hydroxyl groups excluding tert-OH is 1. The normalized spacial score (nSPS) is 14.9. The molecule has 0 atom stereocenters. The van der Waals surface area contributed by atoms with E-state index in [1.807, 2.05) is 16.9 Å². The minimum Gasteiger partial charge on any atom is -0.396 e. The van der Waals surface area contributed by atoms with Gasteiger partial charge in [0.25, 0.3) is 0 Å². The fraction of sp³-hybridized carbons (Fsp3) is 0.368. The summed E-state index contributed by atoms with van der Waals surface area (Å²) in [5.41, 5.74) is 2.90. The quantitative estimate of drug-likeness (QED) is 0.855. The molecule has 1 saturated heterocycles. The second-order valence-corrected chi connectivity index (χ2v) is 6.50. The lowest BCUT2D eigenvalue weighted by Gasteiger charge is -2.27. The predicted molar refractivity (Wildman–Crippen MR) is 102 cm³/mol. The van der Waals surface area contributed by atoms with E-state index >= 15 is 0 Å². The third kappa shape index (κ3) is 4.01. The second-order valence-electron chi connectivity index (χ2n) is 6.12. The maximum atomic E-state index is 9.18. The van der Waals surface area contributed by atoms with Crippen LogP contribution in [0, 0.1) is 16.0 Å². The summed E-state index contributed by atoms with van der Waals surface area (Å²) in [4.78, 5) is 2.38. The fourth-order valence-corrected chi connectivity index (χ4v) is 3.46. The van der Waals surface area contributed by atoms with Gasteiger partial charge in [0.2, 0.25) is 0 Å². The van der Waals surface area contributed by atoms with E-state index in [-0.39, 0.29) is 6.61 Å². The second kappa shape index (κ2) is 8.15. The first-order chi connectivity index (χ1) is 12.2. The summed E-state index contributed by atoms with van der Waals surface area (Å²) in [6.07, 6.45) is 3.65.